The Kier molecular flexibility index (Phi) is 6.65. The molecule has 0 spiro atoms. The number of benzene rings is 2. The highest BCUT2D eigenvalue weighted by Gasteiger charge is 2.24. The minimum absolute atomic E-state index is 0.136. The molecule has 1 atom stereocenters. The van der Waals surface area contributed by atoms with Crippen LogP contribution in [0.5, 0.6) is 0 Å². The summed E-state index contributed by atoms with van der Waals surface area (Å²) in [6.45, 7) is 3.02. The van der Waals surface area contributed by atoms with Crippen molar-refractivity contribution in [3.05, 3.63) is 54.3 Å². The molecular formula is C18H20FN3O4S. The lowest BCUT2D eigenvalue weighted by Crippen LogP contribution is -2.43. The minimum atomic E-state index is -3.98. The number of nitrogens with one attached hydrogen (secondary N) is 3. The molecule has 9 heteroatoms. The zero-order valence-electron chi connectivity index (χ0n) is 14.8. The van der Waals surface area contributed by atoms with Crippen molar-refractivity contribution in [2.45, 2.75) is 31.2 Å². The van der Waals surface area contributed by atoms with Gasteiger partial charge in [-0.05, 0) is 48.9 Å². The van der Waals surface area contributed by atoms with Crippen LogP contribution in [0, 0.1) is 5.82 Å². The van der Waals surface area contributed by atoms with E-state index < -0.39 is 27.8 Å². The SMILES string of the molecule is CCC(NS(=O)(=O)c1ccc(F)cc1)C(=O)Nc1cccc(NC(C)=O)c1. The van der Waals surface area contributed by atoms with Crippen LogP contribution in [0.25, 0.3) is 0 Å². The van der Waals surface area contributed by atoms with Gasteiger partial charge in [-0.15, -0.1) is 0 Å². The highest BCUT2D eigenvalue weighted by molar-refractivity contribution is 7.89. The molecule has 144 valence electrons. The first-order valence-corrected chi connectivity index (χ1v) is 9.66. The first-order chi connectivity index (χ1) is 12.7. The molecule has 0 bridgehead atoms. The molecule has 3 N–H and O–H groups in total. The number of hydrogen-bond acceptors (Lipinski definition) is 4. The van der Waals surface area contributed by atoms with Crippen LogP contribution < -0.4 is 15.4 Å². The van der Waals surface area contributed by atoms with Crippen molar-refractivity contribution in [3.63, 3.8) is 0 Å². The Labute approximate surface area is 157 Å². The Bertz CT molecular complexity index is 930. The zero-order valence-corrected chi connectivity index (χ0v) is 15.6. The Balaban J connectivity index is 2.11. The molecule has 0 fully saturated rings. The Morgan fingerprint density at radius 2 is 1.63 bits per heavy atom. The fourth-order valence-corrected chi connectivity index (χ4v) is 3.58. The predicted octanol–water partition coefficient (Wildman–Crippen LogP) is 2.48. The maximum Gasteiger partial charge on any atom is 0.242 e. The molecular weight excluding hydrogens is 373 g/mol. The highest BCUT2D eigenvalue weighted by Crippen LogP contribution is 2.16. The van der Waals surface area contributed by atoms with Crippen molar-refractivity contribution in [2.24, 2.45) is 0 Å². The first kappa shape index (κ1) is 20.5. The van der Waals surface area contributed by atoms with Gasteiger partial charge in [0.05, 0.1) is 4.90 Å². The van der Waals surface area contributed by atoms with Crippen LogP contribution in [-0.4, -0.2) is 26.3 Å². The van der Waals surface area contributed by atoms with Crippen LogP contribution in [-0.2, 0) is 19.6 Å². The Morgan fingerprint density at radius 3 is 2.19 bits per heavy atom. The third-order valence-corrected chi connectivity index (χ3v) is 5.08. The van der Waals surface area contributed by atoms with Gasteiger partial charge >= 0.3 is 0 Å². The number of rotatable bonds is 7. The van der Waals surface area contributed by atoms with Crippen molar-refractivity contribution in [1.82, 2.24) is 4.72 Å². The second-order valence-corrected chi connectivity index (χ2v) is 7.50. The summed E-state index contributed by atoms with van der Waals surface area (Å²) in [7, 11) is -3.98. The quantitative estimate of drug-likeness (QED) is 0.672. The smallest absolute Gasteiger partial charge is 0.242 e. The van der Waals surface area contributed by atoms with Gasteiger partial charge in [0, 0.05) is 18.3 Å². The van der Waals surface area contributed by atoms with Crippen molar-refractivity contribution in [1.29, 1.82) is 0 Å². The van der Waals surface area contributed by atoms with Crippen LogP contribution in [0.15, 0.2) is 53.4 Å². The predicted molar refractivity (Wildman–Crippen MR) is 100 cm³/mol. The zero-order chi connectivity index (χ0) is 20.0. The second-order valence-electron chi connectivity index (χ2n) is 5.79. The molecule has 0 aromatic heterocycles. The summed E-state index contributed by atoms with van der Waals surface area (Å²) in [6.07, 6.45) is 0.206. The van der Waals surface area contributed by atoms with E-state index in [9.17, 15) is 22.4 Å². The van der Waals surface area contributed by atoms with Gasteiger partial charge < -0.3 is 10.6 Å². The van der Waals surface area contributed by atoms with Crippen molar-refractivity contribution in [2.75, 3.05) is 10.6 Å². The van der Waals surface area contributed by atoms with Gasteiger partial charge in [-0.1, -0.05) is 13.0 Å². The summed E-state index contributed by atoms with van der Waals surface area (Å²) in [4.78, 5) is 23.4. The molecule has 2 aromatic carbocycles. The summed E-state index contributed by atoms with van der Waals surface area (Å²) in [6, 6.07) is 9.76. The molecule has 0 aliphatic rings. The van der Waals surface area contributed by atoms with E-state index >= 15 is 0 Å². The van der Waals surface area contributed by atoms with E-state index in [1.54, 1.807) is 31.2 Å². The second kappa shape index (κ2) is 8.74. The van der Waals surface area contributed by atoms with Crippen LogP contribution in [0.3, 0.4) is 0 Å². The largest absolute Gasteiger partial charge is 0.326 e. The Morgan fingerprint density at radius 1 is 1.04 bits per heavy atom. The van der Waals surface area contributed by atoms with Crippen LogP contribution >= 0.6 is 0 Å². The maximum absolute atomic E-state index is 13.0. The van der Waals surface area contributed by atoms with Crippen molar-refractivity contribution >= 4 is 33.2 Å². The molecule has 7 nitrogen and oxygen atoms in total. The monoisotopic (exact) mass is 393 g/mol. The Hall–Kier alpha value is -2.78. The van der Waals surface area contributed by atoms with E-state index in [1.807, 2.05) is 0 Å². The number of anilines is 2. The number of sulfonamides is 1. The van der Waals surface area contributed by atoms with E-state index in [4.69, 9.17) is 0 Å². The van der Waals surface area contributed by atoms with Crippen molar-refractivity contribution < 1.29 is 22.4 Å². The molecule has 0 aliphatic carbocycles. The molecule has 2 rings (SSSR count). The lowest BCUT2D eigenvalue weighted by Gasteiger charge is -2.17. The highest BCUT2D eigenvalue weighted by atomic mass is 32.2. The van der Waals surface area contributed by atoms with E-state index in [0.29, 0.717) is 11.4 Å². The van der Waals surface area contributed by atoms with Gasteiger partial charge in [-0.25, -0.2) is 12.8 Å². The van der Waals surface area contributed by atoms with E-state index in [0.717, 1.165) is 24.3 Å². The summed E-state index contributed by atoms with van der Waals surface area (Å²) >= 11 is 0. The molecule has 0 radical (unpaired) electrons. The van der Waals surface area contributed by atoms with Gasteiger partial charge in [0.25, 0.3) is 0 Å². The molecule has 0 saturated carbocycles. The standard InChI is InChI=1S/C18H20FN3O4S/c1-3-17(22-27(25,26)16-9-7-13(19)8-10-16)18(24)21-15-6-4-5-14(11-15)20-12(2)23/h4-11,17,22H,3H2,1-2H3,(H,20,23)(H,21,24). The summed E-state index contributed by atoms with van der Waals surface area (Å²) in [5, 5.41) is 5.21. The average Bonchev–Trinajstić information content (AvgIpc) is 2.59. The molecule has 27 heavy (non-hydrogen) atoms. The third-order valence-electron chi connectivity index (χ3n) is 3.60. The van der Waals surface area contributed by atoms with E-state index in [2.05, 4.69) is 15.4 Å². The minimum Gasteiger partial charge on any atom is -0.326 e. The van der Waals surface area contributed by atoms with E-state index in [1.165, 1.54) is 6.92 Å². The van der Waals surface area contributed by atoms with Crippen LogP contribution in [0.2, 0.25) is 0 Å². The average molecular weight is 393 g/mol. The summed E-state index contributed by atoms with van der Waals surface area (Å²) < 4.78 is 40.1. The topological polar surface area (TPSA) is 104 Å². The summed E-state index contributed by atoms with van der Waals surface area (Å²) in [5.41, 5.74) is 0.908. The molecule has 0 saturated heterocycles. The van der Waals surface area contributed by atoms with Gasteiger partial charge in [0.15, 0.2) is 0 Å². The number of carbonyl (C=O) groups is 2. The van der Waals surface area contributed by atoms with Crippen LogP contribution in [0.4, 0.5) is 15.8 Å². The number of amides is 2. The number of carbonyl (C=O) groups excluding carboxylic acids is 2. The van der Waals surface area contributed by atoms with Gasteiger partial charge in [0.2, 0.25) is 21.8 Å². The summed E-state index contributed by atoms with van der Waals surface area (Å²) in [5.74, 6) is -1.36. The van der Waals surface area contributed by atoms with E-state index in [-0.39, 0.29) is 17.2 Å². The van der Waals surface area contributed by atoms with Gasteiger partial charge in [0.1, 0.15) is 11.9 Å². The lowest BCUT2D eigenvalue weighted by atomic mass is 10.2. The normalized spacial score (nSPS) is 12.3. The van der Waals surface area contributed by atoms with Crippen molar-refractivity contribution in [3.8, 4) is 0 Å². The molecule has 2 aromatic rings. The number of halogens is 1. The van der Waals surface area contributed by atoms with Gasteiger partial charge in [-0.3, -0.25) is 9.59 Å². The lowest BCUT2D eigenvalue weighted by molar-refractivity contribution is -0.117. The molecule has 0 aliphatic heterocycles. The fraction of sp³-hybridized carbons (Fsp3) is 0.222. The molecule has 2 amide bonds. The maximum atomic E-state index is 13.0. The molecule has 0 heterocycles. The molecule has 1 unspecified atom stereocenters. The number of hydrogen-bond donors (Lipinski definition) is 3. The van der Waals surface area contributed by atoms with Crippen LogP contribution in [0.1, 0.15) is 20.3 Å². The fourth-order valence-electron chi connectivity index (χ4n) is 2.30. The third kappa shape index (κ3) is 5.87. The first-order valence-electron chi connectivity index (χ1n) is 8.17. The van der Waals surface area contributed by atoms with Gasteiger partial charge in [-0.2, -0.15) is 4.72 Å².